The fourth-order valence-corrected chi connectivity index (χ4v) is 5.72. The highest BCUT2D eigenvalue weighted by Gasteiger charge is 2.22. The molecule has 0 amide bonds. The number of thioether (sulfide) groups is 1. The summed E-state index contributed by atoms with van der Waals surface area (Å²) in [6.07, 6.45) is 4.25. The molecule has 4 nitrogen and oxygen atoms in total. The SMILES string of the molecule is CCn1c(SCC(=O)c2ccc(F)cc2)nc2sc3c(c2c1=O)CCCC3. The highest BCUT2D eigenvalue weighted by Crippen LogP contribution is 2.34. The van der Waals surface area contributed by atoms with Crippen molar-refractivity contribution in [3.05, 3.63) is 56.4 Å². The van der Waals surface area contributed by atoms with Crippen LogP contribution in [0.2, 0.25) is 0 Å². The highest BCUT2D eigenvalue weighted by molar-refractivity contribution is 7.99. The van der Waals surface area contributed by atoms with Crippen LogP contribution < -0.4 is 5.56 Å². The Morgan fingerprint density at radius 1 is 1.26 bits per heavy atom. The molecule has 140 valence electrons. The first-order chi connectivity index (χ1) is 13.1. The lowest BCUT2D eigenvalue weighted by atomic mass is 9.97. The van der Waals surface area contributed by atoms with E-state index in [1.165, 1.54) is 46.5 Å². The maximum Gasteiger partial charge on any atom is 0.263 e. The summed E-state index contributed by atoms with van der Waals surface area (Å²) in [6, 6.07) is 5.52. The standard InChI is InChI=1S/C20H19FN2O2S2/c1-2-23-19(25)17-14-5-3-4-6-16(14)27-18(17)22-20(23)26-11-15(24)12-7-9-13(21)10-8-12/h7-10H,2-6,11H2,1H3. The van der Waals surface area contributed by atoms with Crippen molar-refractivity contribution >= 4 is 39.1 Å². The fourth-order valence-electron chi connectivity index (χ4n) is 3.46. The summed E-state index contributed by atoms with van der Waals surface area (Å²) in [5.74, 6) is -0.315. The fraction of sp³-hybridized carbons (Fsp3) is 0.350. The van der Waals surface area contributed by atoms with E-state index in [0.29, 0.717) is 17.3 Å². The molecule has 0 radical (unpaired) electrons. The number of hydrogen-bond donors (Lipinski definition) is 0. The summed E-state index contributed by atoms with van der Waals surface area (Å²) in [6.45, 7) is 2.43. The molecule has 4 rings (SSSR count). The lowest BCUT2D eigenvalue weighted by Crippen LogP contribution is -2.23. The quantitative estimate of drug-likeness (QED) is 0.359. The Balaban J connectivity index is 1.66. The number of fused-ring (bicyclic) bond motifs is 3. The zero-order valence-electron chi connectivity index (χ0n) is 15.0. The summed E-state index contributed by atoms with van der Waals surface area (Å²) in [5.41, 5.74) is 1.64. The average Bonchev–Trinajstić information content (AvgIpc) is 3.05. The molecule has 0 fully saturated rings. The van der Waals surface area contributed by atoms with Crippen molar-refractivity contribution in [2.24, 2.45) is 0 Å². The number of ketones is 1. The van der Waals surface area contributed by atoms with Gasteiger partial charge in [0.15, 0.2) is 10.9 Å². The largest absolute Gasteiger partial charge is 0.293 e. The van der Waals surface area contributed by atoms with Crippen LogP contribution in [0.1, 0.15) is 40.6 Å². The second-order valence-electron chi connectivity index (χ2n) is 6.55. The van der Waals surface area contributed by atoms with Crippen molar-refractivity contribution in [1.29, 1.82) is 0 Å². The van der Waals surface area contributed by atoms with Crippen LogP contribution in [0.25, 0.3) is 10.2 Å². The molecule has 1 aliphatic rings. The van der Waals surface area contributed by atoms with Gasteiger partial charge in [-0.25, -0.2) is 9.37 Å². The molecule has 0 saturated heterocycles. The van der Waals surface area contributed by atoms with Crippen molar-refractivity contribution in [3.63, 3.8) is 0 Å². The van der Waals surface area contributed by atoms with Crippen LogP contribution in [-0.4, -0.2) is 21.1 Å². The Morgan fingerprint density at radius 2 is 2.00 bits per heavy atom. The highest BCUT2D eigenvalue weighted by atomic mass is 32.2. The number of benzene rings is 1. The van der Waals surface area contributed by atoms with Gasteiger partial charge in [0, 0.05) is 17.0 Å². The Labute approximate surface area is 164 Å². The van der Waals surface area contributed by atoms with Gasteiger partial charge in [0.2, 0.25) is 0 Å². The first kappa shape index (κ1) is 18.4. The Hall–Kier alpha value is -1.99. The van der Waals surface area contributed by atoms with Gasteiger partial charge in [0.25, 0.3) is 5.56 Å². The molecule has 2 aromatic heterocycles. The van der Waals surface area contributed by atoms with Crippen molar-refractivity contribution in [2.75, 3.05) is 5.75 Å². The second kappa shape index (κ2) is 7.56. The molecule has 0 unspecified atom stereocenters. The predicted molar refractivity (Wildman–Crippen MR) is 108 cm³/mol. The lowest BCUT2D eigenvalue weighted by Gasteiger charge is -2.12. The van der Waals surface area contributed by atoms with Crippen molar-refractivity contribution in [1.82, 2.24) is 9.55 Å². The predicted octanol–water partition coefficient (Wildman–Crippen LogP) is 4.47. The monoisotopic (exact) mass is 402 g/mol. The van der Waals surface area contributed by atoms with E-state index in [4.69, 9.17) is 4.98 Å². The maximum absolute atomic E-state index is 13.1. The summed E-state index contributed by atoms with van der Waals surface area (Å²) in [4.78, 5) is 32.2. The van der Waals surface area contributed by atoms with Crippen LogP contribution in [0, 0.1) is 5.82 Å². The first-order valence-corrected chi connectivity index (χ1v) is 10.9. The number of thiophene rings is 1. The molecular weight excluding hydrogens is 383 g/mol. The third-order valence-electron chi connectivity index (χ3n) is 4.85. The molecular formula is C20H19FN2O2S2. The number of rotatable bonds is 5. The molecule has 0 atom stereocenters. The molecule has 0 bridgehead atoms. The summed E-state index contributed by atoms with van der Waals surface area (Å²) in [7, 11) is 0. The summed E-state index contributed by atoms with van der Waals surface area (Å²) in [5, 5.41) is 1.34. The van der Waals surface area contributed by atoms with Gasteiger partial charge < -0.3 is 0 Å². The molecule has 0 N–H and O–H groups in total. The number of Topliss-reactive ketones (excluding diaryl/α,β-unsaturated/α-hetero) is 1. The molecule has 7 heteroatoms. The lowest BCUT2D eigenvalue weighted by molar-refractivity contribution is 0.102. The Bertz CT molecular complexity index is 1070. The molecule has 3 aromatic rings. The first-order valence-electron chi connectivity index (χ1n) is 9.05. The van der Waals surface area contributed by atoms with E-state index in [1.807, 2.05) is 6.92 Å². The van der Waals surface area contributed by atoms with Crippen LogP contribution in [-0.2, 0) is 19.4 Å². The van der Waals surface area contributed by atoms with Gasteiger partial charge in [0.05, 0.1) is 11.1 Å². The number of carbonyl (C=O) groups is 1. The number of aryl methyl sites for hydroxylation is 2. The smallest absolute Gasteiger partial charge is 0.263 e. The average molecular weight is 403 g/mol. The van der Waals surface area contributed by atoms with Gasteiger partial charge in [-0.05, 0) is 62.4 Å². The number of carbonyl (C=O) groups excluding carboxylic acids is 1. The molecule has 2 heterocycles. The minimum atomic E-state index is -0.368. The van der Waals surface area contributed by atoms with E-state index in [2.05, 4.69) is 0 Å². The van der Waals surface area contributed by atoms with E-state index < -0.39 is 0 Å². The molecule has 1 aliphatic carbocycles. The Morgan fingerprint density at radius 3 is 2.74 bits per heavy atom. The molecule has 27 heavy (non-hydrogen) atoms. The van der Waals surface area contributed by atoms with Gasteiger partial charge in [-0.2, -0.15) is 0 Å². The third kappa shape index (κ3) is 3.46. The van der Waals surface area contributed by atoms with Gasteiger partial charge >= 0.3 is 0 Å². The Kier molecular flexibility index (Phi) is 5.14. The van der Waals surface area contributed by atoms with Gasteiger partial charge in [-0.15, -0.1) is 11.3 Å². The number of halogens is 1. The molecule has 0 saturated carbocycles. The van der Waals surface area contributed by atoms with Gasteiger partial charge in [-0.1, -0.05) is 11.8 Å². The van der Waals surface area contributed by atoms with Crippen LogP contribution in [0.5, 0.6) is 0 Å². The summed E-state index contributed by atoms with van der Waals surface area (Å²) >= 11 is 2.88. The van der Waals surface area contributed by atoms with Gasteiger partial charge in [-0.3, -0.25) is 14.2 Å². The third-order valence-corrected chi connectivity index (χ3v) is 7.02. The minimum absolute atomic E-state index is 0.00127. The van der Waals surface area contributed by atoms with Crippen molar-refractivity contribution in [2.45, 2.75) is 44.3 Å². The van der Waals surface area contributed by atoms with Crippen molar-refractivity contribution < 1.29 is 9.18 Å². The minimum Gasteiger partial charge on any atom is -0.293 e. The normalized spacial score (nSPS) is 13.7. The van der Waals surface area contributed by atoms with E-state index in [1.54, 1.807) is 15.9 Å². The second-order valence-corrected chi connectivity index (χ2v) is 8.58. The molecule has 1 aromatic carbocycles. The van der Waals surface area contributed by atoms with Crippen LogP contribution in [0.15, 0.2) is 34.2 Å². The van der Waals surface area contributed by atoms with E-state index in [9.17, 15) is 14.0 Å². The number of aromatic nitrogens is 2. The van der Waals surface area contributed by atoms with Crippen LogP contribution in [0.3, 0.4) is 0 Å². The summed E-state index contributed by atoms with van der Waals surface area (Å²) < 4.78 is 14.7. The number of hydrogen-bond acceptors (Lipinski definition) is 5. The topological polar surface area (TPSA) is 52.0 Å². The molecule has 0 spiro atoms. The van der Waals surface area contributed by atoms with E-state index in [0.717, 1.165) is 35.9 Å². The van der Waals surface area contributed by atoms with Crippen LogP contribution >= 0.6 is 23.1 Å². The zero-order chi connectivity index (χ0) is 19.0. The van der Waals surface area contributed by atoms with Gasteiger partial charge in [0.1, 0.15) is 10.6 Å². The van der Waals surface area contributed by atoms with E-state index in [-0.39, 0.29) is 22.9 Å². The number of nitrogens with zero attached hydrogens (tertiary/aromatic N) is 2. The van der Waals surface area contributed by atoms with Crippen molar-refractivity contribution in [3.8, 4) is 0 Å². The van der Waals surface area contributed by atoms with E-state index >= 15 is 0 Å². The maximum atomic E-state index is 13.1. The molecule has 0 aliphatic heterocycles. The van der Waals surface area contributed by atoms with Crippen LogP contribution in [0.4, 0.5) is 4.39 Å². The zero-order valence-corrected chi connectivity index (χ0v) is 16.6.